The summed E-state index contributed by atoms with van der Waals surface area (Å²) >= 11 is 12.3. The van der Waals surface area contributed by atoms with Gasteiger partial charge in [-0.15, -0.1) is 0 Å². The van der Waals surface area contributed by atoms with E-state index in [4.69, 9.17) is 33.0 Å². The summed E-state index contributed by atoms with van der Waals surface area (Å²) in [6.45, 7) is 1.82. The zero-order valence-corrected chi connectivity index (χ0v) is 17.7. The number of carboxylic acid groups (broad SMARTS) is 1. The van der Waals surface area contributed by atoms with E-state index in [-0.39, 0.29) is 16.1 Å². The number of hydrogen-bond acceptors (Lipinski definition) is 4. The highest BCUT2D eigenvalue weighted by molar-refractivity contribution is 6.33. The highest BCUT2D eigenvalue weighted by Crippen LogP contribution is 2.37. The van der Waals surface area contributed by atoms with Crippen LogP contribution in [0.25, 0.3) is 0 Å². The predicted octanol–water partition coefficient (Wildman–Crippen LogP) is 5.02. The Bertz CT molecular complexity index is 1160. The van der Waals surface area contributed by atoms with E-state index in [0.717, 1.165) is 0 Å². The number of aliphatic hydroxyl groups is 1. The van der Waals surface area contributed by atoms with Crippen LogP contribution in [0.1, 0.15) is 40.4 Å². The first kappa shape index (κ1) is 21.9. The Balaban J connectivity index is 1.87. The fourth-order valence-electron chi connectivity index (χ4n) is 3.05. The number of carboxylic acids is 1. The highest BCUT2D eigenvalue weighted by Gasteiger charge is 2.22. The normalized spacial score (nSPS) is 13.0. The van der Waals surface area contributed by atoms with Gasteiger partial charge in [-0.2, -0.15) is 0 Å². The van der Waals surface area contributed by atoms with Gasteiger partial charge in [-0.1, -0.05) is 30.1 Å². The third kappa shape index (κ3) is 4.67. The summed E-state index contributed by atoms with van der Waals surface area (Å²) in [6, 6.07) is 12.3. The molecule has 156 valence electrons. The minimum Gasteiger partial charge on any atom is -0.478 e. The Hall–Kier alpha value is -2.80. The molecule has 2 aromatic carbocycles. The quantitative estimate of drug-likeness (QED) is 0.553. The van der Waals surface area contributed by atoms with Gasteiger partial charge in [0.05, 0.1) is 16.7 Å². The van der Waals surface area contributed by atoms with Crippen LogP contribution in [0.3, 0.4) is 0 Å². The molecule has 0 bridgehead atoms. The van der Waals surface area contributed by atoms with Gasteiger partial charge in [-0.3, -0.25) is 4.79 Å². The second-order valence-corrected chi connectivity index (χ2v) is 7.69. The zero-order chi connectivity index (χ0) is 22.0. The highest BCUT2D eigenvalue weighted by atomic mass is 35.5. The van der Waals surface area contributed by atoms with Gasteiger partial charge in [0.25, 0.3) is 0 Å². The molecule has 2 atom stereocenters. The van der Waals surface area contributed by atoms with Gasteiger partial charge in [-0.25, -0.2) is 4.79 Å². The van der Waals surface area contributed by atoms with Crippen LogP contribution in [0.2, 0.25) is 10.0 Å². The third-order valence-corrected chi connectivity index (χ3v) is 5.45. The number of carbonyl (C=O) groups is 1. The minimum absolute atomic E-state index is 0.0187. The van der Waals surface area contributed by atoms with Crippen molar-refractivity contribution in [3.05, 3.63) is 91.8 Å². The van der Waals surface area contributed by atoms with Crippen LogP contribution >= 0.6 is 23.2 Å². The summed E-state index contributed by atoms with van der Waals surface area (Å²) in [5.41, 5.74) is 1.06. The Morgan fingerprint density at radius 1 is 1.03 bits per heavy atom. The van der Waals surface area contributed by atoms with Crippen molar-refractivity contribution in [3.63, 3.8) is 0 Å². The zero-order valence-electron chi connectivity index (χ0n) is 16.2. The van der Waals surface area contributed by atoms with Crippen molar-refractivity contribution < 1.29 is 19.7 Å². The van der Waals surface area contributed by atoms with E-state index in [1.165, 1.54) is 28.8 Å². The largest absolute Gasteiger partial charge is 0.478 e. The van der Waals surface area contributed by atoms with E-state index < -0.39 is 18.0 Å². The number of aryl methyl sites for hydroxylation is 1. The van der Waals surface area contributed by atoms with Gasteiger partial charge in [0.1, 0.15) is 11.5 Å². The monoisotopic (exact) mass is 447 g/mol. The van der Waals surface area contributed by atoms with Gasteiger partial charge < -0.3 is 19.5 Å². The van der Waals surface area contributed by atoms with E-state index in [2.05, 4.69) is 0 Å². The van der Waals surface area contributed by atoms with Crippen molar-refractivity contribution in [3.8, 4) is 11.5 Å². The summed E-state index contributed by atoms with van der Waals surface area (Å²) in [6.07, 6.45) is 0.692. The van der Waals surface area contributed by atoms with E-state index in [9.17, 15) is 14.7 Å². The van der Waals surface area contributed by atoms with E-state index >= 15 is 0 Å². The van der Waals surface area contributed by atoms with Crippen LogP contribution in [-0.2, 0) is 7.05 Å². The molecular formula is C22H19Cl2NO5. The SMILES string of the molecule is C[C@@H](c1cc(Oc2ccc(C(=O)O)c(Cl)c2)ccc1Cl)C(O)c1ccc(=O)n(C)c1. The molecule has 0 saturated heterocycles. The number of rotatable bonds is 6. The second-order valence-electron chi connectivity index (χ2n) is 6.88. The lowest BCUT2D eigenvalue weighted by atomic mass is 9.91. The molecule has 1 aromatic heterocycles. The average molecular weight is 448 g/mol. The summed E-state index contributed by atoms with van der Waals surface area (Å²) in [7, 11) is 1.62. The number of nitrogens with zero attached hydrogens (tertiary/aromatic N) is 1. The van der Waals surface area contributed by atoms with E-state index in [1.807, 2.05) is 6.92 Å². The summed E-state index contributed by atoms with van der Waals surface area (Å²) < 4.78 is 7.20. The molecule has 0 aliphatic heterocycles. The maximum Gasteiger partial charge on any atom is 0.337 e. The van der Waals surface area contributed by atoms with Crippen molar-refractivity contribution in [2.45, 2.75) is 18.9 Å². The lowest BCUT2D eigenvalue weighted by Crippen LogP contribution is -2.17. The number of hydrogen-bond donors (Lipinski definition) is 2. The van der Waals surface area contributed by atoms with Crippen molar-refractivity contribution in [2.24, 2.45) is 7.05 Å². The predicted molar refractivity (Wildman–Crippen MR) is 115 cm³/mol. The van der Waals surface area contributed by atoms with Gasteiger partial charge >= 0.3 is 5.97 Å². The number of aliphatic hydroxyl groups excluding tert-OH is 1. The van der Waals surface area contributed by atoms with Crippen molar-refractivity contribution in [1.29, 1.82) is 0 Å². The van der Waals surface area contributed by atoms with Gasteiger partial charge in [0, 0.05) is 36.3 Å². The molecule has 1 unspecified atom stereocenters. The van der Waals surface area contributed by atoms with Crippen molar-refractivity contribution >= 4 is 29.2 Å². The number of benzene rings is 2. The lowest BCUT2D eigenvalue weighted by molar-refractivity contribution is 0.0697. The first-order valence-electron chi connectivity index (χ1n) is 9.02. The van der Waals surface area contributed by atoms with Crippen LogP contribution < -0.4 is 10.3 Å². The number of ether oxygens (including phenoxy) is 1. The van der Waals surface area contributed by atoms with Gasteiger partial charge in [0.15, 0.2) is 0 Å². The summed E-state index contributed by atoms with van der Waals surface area (Å²) in [5, 5.41) is 20.4. The molecule has 3 aromatic rings. The molecule has 8 heteroatoms. The van der Waals surface area contributed by atoms with Gasteiger partial charge in [0.2, 0.25) is 5.56 Å². The lowest BCUT2D eigenvalue weighted by Gasteiger charge is -2.22. The van der Waals surface area contributed by atoms with Crippen molar-refractivity contribution in [1.82, 2.24) is 4.57 Å². The molecular weight excluding hydrogens is 429 g/mol. The van der Waals surface area contributed by atoms with Crippen LogP contribution in [0.15, 0.2) is 59.5 Å². The maximum absolute atomic E-state index is 11.6. The molecule has 0 spiro atoms. The Morgan fingerprint density at radius 3 is 2.33 bits per heavy atom. The summed E-state index contributed by atoms with van der Waals surface area (Å²) in [5.74, 6) is -0.698. The first-order chi connectivity index (χ1) is 14.2. The fourth-order valence-corrected chi connectivity index (χ4v) is 3.59. The molecule has 0 amide bonds. The van der Waals surface area contributed by atoms with E-state index in [1.54, 1.807) is 37.5 Å². The molecule has 0 fully saturated rings. The standard InChI is InChI=1S/C22H19Cl2NO5/c1-12(21(27)13-3-8-20(26)25(2)11-13)17-9-14(5-7-18(17)23)30-15-4-6-16(22(28)29)19(24)10-15/h3-12,21,27H,1-2H3,(H,28,29)/t12-,21?/m0/s1. The Morgan fingerprint density at radius 2 is 1.70 bits per heavy atom. The molecule has 30 heavy (non-hydrogen) atoms. The molecule has 2 N–H and O–H groups in total. The first-order valence-corrected chi connectivity index (χ1v) is 9.77. The molecule has 6 nitrogen and oxygen atoms in total. The smallest absolute Gasteiger partial charge is 0.337 e. The number of aromatic nitrogens is 1. The van der Waals surface area contributed by atoms with Crippen LogP contribution in [0, 0.1) is 0 Å². The van der Waals surface area contributed by atoms with Crippen LogP contribution in [0.4, 0.5) is 0 Å². The van der Waals surface area contributed by atoms with E-state index in [0.29, 0.717) is 27.6 Å². The number of pyridine rings is 1. The Labute approximate surface area is 182 Å². The van der Waals surface area contributed by atoms with Crippen LogP contribution in [-0.4, -0.2) is 20.7 Å². The maximum atomic E-state index is 11.6. The number of aromatic carboxylic acids is 1. The second kappa shape index (κ2) is 8.92. The van der Waals surface area contributed by atoms with Crippen LogP contribution in [0.5, 0.6) is 11.5 Å². The molecule has 1 heterocycles. The average Bonchev–Trinajstić information content (AvgIpc) is 2.70. The topological polar surface area (TPSA) is 88.8 Å². The molecule has 0 aliphatic carbocycles. The third-order valence-electron chi connectivity index (χ3n) is 4.79. The molecule has 0 radical (unpaired) electrons. The molecule has 0 aliphatic rings. The minimum atomic E-state index is -1.12. The molecule has 0 saturated carbocycles. The summed E-state index contributed by atoms with van der Waals surface area (Å²) in [4.78, 5) is 22.7. The van der Waals surface area contributed by atoms with Crippen molar-refractivity contribution in [2.75, 3.05) is 0 Å². The Kier molecular flexibility index (Phi) is 6.51. The van der Waals surface area contributed by atoms with Gasteiger partial charge in [-0.05, 0) is 47.5 Å². The number of halogens is 2. The molecule has 3 rings (SSSR count). The fraction of sp³-hybridized carbons (Fsp3) is 0.182.